The molecule has 2 N–H and O–H groups in total. The molecule has 35 heavy (non-hydrogen) atoms. The highest BCUT2D eigenvalue weighted by Gasteiger charge is 2.28. The van der Waals surface area contributed by atoms with Gasteiger partial charge < -0.3 is 29.7 Å². The van der Waals surface area contributed by atoms with Gasteiger partial charge in [0.25, 0.3) is 0 Å². The van der Waals surface area contributed by atoms with E-state index >= 15 is 0 Å². The summed E-state index contributed by atoms with van der Waals surface area (Å²) >= 11 is 0. The predicted octanol–water partition coefficient (Wildman–Crippen LogP) is 3.10. The summed E-state index contributed by atoms with van der Waals surface area (Å²) in [5.41, 5.74) is 0.904. The number of alkyl carbamates (subject to hydrolysis) is 1. The minimum atomic E-state index is -0.830. The lowest BCUT2D eigenvalue weighted by atomic mass is 9.84. The first-order chi connectivity index (χ1) is 17.0. The van der Waals surface area contributed by atoms with Crippen molar-refractivity contribution in [3.05, 3.63) is 47.8 Å². The summed E-state index contributed by atoms with van der Waals surface area (Å²) in [5, 5.41) is 5.44. The van der Waals surface area contributed by atoms with Crippen LogP contribution in [-0.4, -0.2) is 61.8 Å². The quantitative estimate of drug-likeness (QED) is 0.386. The Labute approximate surface area is 207 Å². The third kappa shape index (κ3) is 9.24. The predicted molar refractivity (Wildman–Crippen MR) is 130 cm³/mol. The van der Waals surface area contributed by atoms with E-state index < -0.39 is 24.0 Å². The molecule has 9 nitrogen and oxygen atoms in total. The van der Waals surface area contributed by atoms with Gasteiger partial charge in [-0.05, 0) is 24.8 Å². The summed E-state index contributed by atoms with van der Waals surface area (Å²) in [6.07, 6.45) is 6.86. The average molecular weight is 488 g/mol. The second kappa shape index (κ2) is 14.4. The maximum absolute atomic E-state index is 13.3. The van der Waals surface area contributed by atoms with Crippen molar-refractivity contribution in [3.63, 3.8) is 0 Å². The van der Waals surface area contributed by atoms with Crippen molar-refractivity contribution in [2.75, 3.05) is 32.9 Å². The molecule has 0 radical (unpaired) electrons. The molecule has 2 amide bonds. The molecule has 0 aromatic heterocycles. The summed E-state index contributed by atoms with van der Waals surface area (Å²) in [7, 11) is 0. The smallest absolute Gasteiger partial charge is 0.408 e. The van der Waals surface area contributed by atoms with Crippen LogP contribution in [-0.2, 0) is 30.4 Å². The van der Waals surface area contributed by atoms with Crippen LogP contribution < -0.4 is 10.6 Å². The highest BCUT2D eigenvalue weighted by atomic mass is 16.5. The average Bonchev–Trinajstić information content (AvgIpc) is 2.88. The maximum Gasteiger partial charge on any atom is 0.408 e. The Balaban J connectivity index is 1.68. The van der Waals surface area contributed by atoms with Crippen molar-refractivity contribution >= 4 is 18.0 Å². The van der Waals surface area contributed by atoms with Crippen LogP contribution in [0.15, 0.2) is 42.2 Å². The number of carbonyl (C=O) groups excluding carboxylic acids is 3. The molecule has 1 aromatic carbocycles. The molecule has 0 spiro atoms. The zero-order valence-electron chi connectivity index (χ0n) is 20.5. The molecule has 1 aliphatic heterocycles. The van der Waals surface area contributed by atoms with Gasteiger partial charge in [-0.25, -0.2) is 9.59 Å². The van der Waals surface area contributed by atoms with Crippen LogP contribution in [0.2, 0.25) is 0 Å². The van der Waals surface area contributed by atoms with Gasteiger partial charge in [0.05, 0.1) is 19.8 Å². The number of esters is 1. The first-order valence-corrected chi connectivity index (χ1v) is 12.5. The van der Waals surface area contributed by atoms with Crippen molar-refractivity contribution in [3.8, 4) is 0 Å². The van der Waals surface area contributed by atoms with Gasteiger partial charge in [-0.2, -0.15) is 0 Å². The summed E-state index contributed by atoms with van der Waals surface area (Å²) in [5.74, 6) is -0.751. The van der Waals surface area contributed by atoms with E-state index in [1.165, 1.54) is 6.42 Å². The summed E-state index contributed by atoms with van der Waals surface area (Å²) in [4.78, 5) is 40.4. The molecular formula is C26H37N3O6. The van der Waals surface area contributed by atoms with Crippen molar-refractivity contribution in [2.24, 2.45) is 5.92 Å². The SMILES string of the molecule is CCOC(=O)/C(=C/N1CCOCC1)NC(=O)[C@H](CC1CCCCC1)NC(=O)OCc1ccccc1. The Morgan fingerprint density at radius 1 is 1.09 bits per heavy atom. The molecule has 9 heteroatoms. The first kappa shape index (κ1) is 26.5. The Kier molecular flexibility index (Phi) is 10.9. The van der Waals surface area contributed by atoms with Crippen LogP contribution in [0.4, 0.5) is 4.79 Å². The normalized spacial score (nSPS) is 17.9. The minimum absolute atomic E-state index is 0.0480. The molecule has 2 aliphatic rings. The van der Waals surface area contributed by atoms with Gasteiger partial charge in [-0.3, -0.25) is 4.79 Å². The maximum atomic E-state index is 13.3. The number of nitrogens with zero attached hydrogens (tertiary/aromatic N) is 1. The molecule has 1 heterocycles. The summed E-state index contributed by atoms with van der Waals surface area (Å²) in [6.45, 7) is 4.30. The molecule has 0 unspecified atom stereocenters. The Hall–Kier alpha value is -3.07. The number of nitrogens with one attached hydrogen (secondary N) is 2. The second-order valence-corrected chi connectivity index (χ2v) is 8.90. The lowest BCUT2D eigenvalue weighted by Crippen LogP contribution is -2.49. The fourth-order valence-electron chi connectivity index (χ4n) is 4.35. The van der Waals surface area contributed by atoms with E-state index in [2.05, 4.69) is 10.6 Å². The van der Waals surface area contributed by atoms with Crippen LogP contribution in [0, 0.1) is 5.92 Å². The van der Waals surface area contributed by atoms with Crippen LogP contribution in [0.5, 0.6) is 0 Å². The van der Waals surface area contributed by atoms with Crippen molar-refractivity contribution in [2.45, 2.75) is 58.1 Å². The second-order valence-electron chi connectivity index (χ2n) is 8.90. The Bertz CT molecular complexity index is 848. The molecule has 1 aromatic rings. The monoisotopic (exact) mass is 487 g/mol. The summed E-state index contributed by atoms with van der Waals surface area (Å²) < 4.78 is 15.9. The molecule has 1 aliphatic carbocycles. The molecule has 2 fully saturated rings. The van der Waals surface area contributed by atoms with E-state index in [1.807, 2.05) is 35.2 Å². The minimum Gasteiger partial charge on any atom is -0.461 e. The molecule has 1 atom stereocenters. The van der Waals surface area contributed by atoms with Crippen molar-refractivity contribution in [1.82, 2.24) is 15.5 Å². The zero-order valence-corrected chi connectivity index (χ0v) is 20.5. The Morgan fingerprint density at radius 2 is 1.80 bits per heavy atom. The molecule has 0 bridgehead atoms. The lowest BCUT2D eigenvalue weighted by molar-refractivity contribution is -0.140. The van der Waals surface area contributed by atoms with Crippen LogP contribution >= 0.6 is 0 Å². The highest BCUT2D eigenvalue weighted by molar-refractivity contribution is 5.96. The van der Waals surface area contributed by atoms with E-state index in [1.54, 1.807) is 13.1 Å². The van der Waals surface area contributed by atoms with Gasteiger partial charge in [0.2, 0.25) is 5.91 Å². The molecule has 3 rings (SSSR count). The fraction of sp³-hybridized carbons (Fsp3) is 0.577. The highest BCUT2D eigenvalue weighted by Crippen LogP contribution is 2.27. The van der Waals surface area contributed by atoms with Gasteiger partial charge in [-0.15, -0.1) is 0 Å². The van der Waals surface area contributed by atoms with E-state index in [9.17, 15) is 14.4 Å². The van der Waals surface area contributed by atoms with Gasteiger partial charge in [0.1, 0.15) is 18.3 Å². The number of hydrogen-bond donors (Lipinski definition) is 2. The number of morpholine rings is 1. The molecule has 1 saturated heterocycles. The number of rotatable bonds is 10. The lowest BCUT2D eigenvalue weighted by Gasteiger charge is -2.28. The Morgan fingerprint density at radius 3 is 2.49 bits per heavy atom. The van der Waals surface area contributed by atoms with Crippen molar-refractivity contribution < 1.29 is 28.6 Å². The van der Waals surface area contributed by atoms with Crippen LogP contribution in [0.1, 0.15) is 51.0 Å². The van der Waals surface area contributed by atoms with E-state index in [4.69, 9.17) is 14.2 Å². The number of carbonyl (C=O) groups is 3. The number of amides is 2. The molecule has 1 saturated carbocycles. The molecule has 192 valence electrons. The van der Waals surface area contributed by atoms with Crippen LogP contribution in [0.3, 0.4) is 0 Å². The number of ether oxygens (including phenoxy) is 3. The third-order valence-electron chi connectivity index (χ3n) is 6.23. The fourth-order valence-corrected chi connectivity index (χ4v) is 4.35. The molecular weight excluding hydrogens is 450 g/mol. The van der Waals surface area contributed by atoms with Gasteiger partial charge in [0, 0.05) is 19.3 Å². The van der Waals surface area contributed by atoms with Gasteiger partial charge >= 0.3 is 12.1 Å². The van der Waals surface area contributed by atoms with Crippen LogP contribution in [0.25, 0.3) is 0 Å². The standard InChI is InChI=1S/C26H37N3O6/c1-2-34-25(31)23(18-29-13-15-33-16-14-29)27-24(30)22(17-20-9-5-3-6-10-20)28-26(32)35-19-21-11-7-4-8-12-21/h4,7-8,11-12,18,20,22H,2-3,5-6,9-10,13-17,19H2,1H3,(H,27,30)(H,28,32)/b23-18-/t22-/m0/s1. The summed E-state index contributed by atoms with van der Waals surface area (Å²) in [6, 6.07) is 8.52. The van der Waals surface area contributed by atoms with E-state index in [0.717, 1.165) is 31.2 Å². The van der Waals surface area contributed by atoms with E-state index in [-0.39, 0.29) is 18.9 Å². The van der Waals surface area contributed by atoms with E-state index in [0.29, 0.717) is 38.6 Å². The van der Waals surface area contributed by atoms with Crippen molar-refractivity contribution in [1.29, 1.82) is 0 Å². The largest absolute Gasteiger partial charge is 0.461 e. The van der Waals surface area contributed by atoms with Gasteiger partial charge in [0.15, 0.2) is 0 Å². The van der Waals surface area contributed by atoms with Gasteiger partial charge in [-0.1, -0.05) is 62.4 Å². The number of benzene rings is 1. The third-order valence-corrected chi connectivity index (χ3v) is 6.23. The zero-order chi connectivity index (χ0) is 24.9. The first-order valence-electron chi connectivity index (χ1n) is 12.5. The number of hydrogen-bond acceptors (Lipinski definition) is 7. The topological polar surface area (TPSA) is 106 Å².